The third kappa shape index (κ3) is 2.97. The fourth-order valence-electron chi connectivity index (χ4n) is 2.56. The van der Waals surface area contributed by atoms with Crippen molar-refractivity contribution in [3.8, 4) is 11.1 Å². The SMILES string of the molecule is Cc1ccc(Nc2ccccc2-c2ccccc2)c(C)c1. The van der Waals surface area contributed by atoms with Crippen LogP contribution in [0.2, 0.25) is 0 Å². The van der Waals surface area contributed by atoms with Crippen molar-refractivity contribution in [1.82, 2.24) is 0 Å². The lowest BCUT2D eigenvalue weighted by molar-refractivity contribution is 1.37. The highest BCUT2D eigenvalue weighted by molar-refractivity contribution is 5.81. The summed E-state index contributed by atoms with van der Waals surface area (Å²) in [5, 5.41) is 3.57. The molecule has 0 aromatic heterocycles. The summed E-state index contributed by atoms with van der Waals surface area (Å²) >= 11 is 0. The van der Waals surface area contributed by atoms with Gasteiger partial charge in [-0.25, -0.2) is 0 Å². The van der Waals surface area contributed by atoms with Gasteiger partial charge in [0, 0.05) is 16.9 Å². The molecule has 0 unspecified atom stereocenters. The number of hydrogen-bond donors (Lipinski definition) is 1. The summed E-state index contributed by atoms with van der Waals surface area (Å²) in [5.41, 5.74) is 7.29. The number of benzene rings is 3. The molecule has 1 nitrogen and oxygen atoms in total. The van der Waals surface area contributed by atoms with E-state index in [-0.39, 0.29) is 0 Å². The van der Waals surface area contributed by atoms with E-state index >= 15 is 0 Å². The van der Waals surface area contributed by atoms with Crippen molar-refractivity contribution in [2.75, 3.05) is 5.32 Å². The predicted octanol–water partition coefficient (Wildman–Crippen LogP) is 5.71. The van der Waals surface area contributed by atoms with E-state index in [0.29, 0.717) is 0 Å². The molecule has 0 atom stereocenters. The maximum Gasteiger partial charge on any atom is 0.0463 e. The Kier molecular flexibility index (Phi) is 3.74. The first-order valence-corrected chi connectivity index (χ1v) is 7.23. The lowest BCUT2D eigenvalue weighted by Crippen LogP contribution is -1.95. The van der Waals surface area contributed by atoms with Crippen molar-refractivity contribution in [3.05, 3.63) is 83.9 Å². The van der Waals surface area contributed by atoms with E-state index in [0.717, 1.165) is 11.4 Å². The van der Waals surface area contributed by atoms with E-state index in [9.17, 15) is 0 Å². The van der Waals surface area contributed by atoms with Gasteiger partial charge in [-0.2, -0.15) is 0 Å². The van der Waals surface area contributed by atoms with E-state index in [1.807, 2.05) is 6.07 Å². The van der Waals surface area contributed by atoms with Gasteiger partial charge in [-0.3, -0.25) is 0 Å². The molecule has 1 heteroatoms. The van der Waals surface area contributed by atoms with Crippen LogP contribution in [0.1, 0.15) is 11.1 Å². The Morgan fingerprint density at radius 2 is 1.38 bits per heavy atom. The monoisotopic (exact) mass is 273 g/mol. The highest BCUT2D eigenvalue weighted by atomic mass is 14.9. The van der Waals surface area contributed by atoms with Crippen LogP contribution >= 0.6 is 0 Å². The zero-order chi connectivity index (χ0) is 14.7. The number of rotatable bonds is 3. The van der Waals surface area contributed by atoms with Gasteiger partial charge in [0.25, 0.3) is 0 Å². The van der Waals surface area contributed by atoms with Crippen molar-refractivity contribution >= 4 is 11.4 Å². The number of anilines is 2. The Morgan fingerprint density at radius 3 is 2.14 bits per heavy atom. The van der Waals surface area contributed by atoms with Crippen LogP contribution in [0.5, 0.6) is 0 Å². The summed E-state index contributed by atoms with van der Waals surface area (Å²) in [7, 11) is 0. The summed E-state index contributed by atoms with van der Waals surface area (Å²) in [6.07, 6.45) is 0. The van der Waals surface area contributed by atoms with Gasteiger partial charge in [-0.15, -0.1) is 0 Å². The van der Waals surface area contributed by atoms with E-state index in [2.05, 4.69) is 85.9 Å². The maximum atomic E-state index is 3.57. The van der Waals surface area contributed by atoms with Crippen molar-refractivity contribution in [2.24, 2.45) is 0 Å². The van der Waals surface area contributed by atoms with Crippen LogP contribution in [0.3, 0.4) is 0 Å². The average Bonchev–Trinajstić information content (AvgIpc) is 2.51. The molecule has 0 spiro atoms. The Bertz CT molecular complexity index is 745. The Labute approximate surface area is 126 Å². The molecule has 104 valence electrons. The molecule has 0 saturated carbocycles. The molecule has 0 radical (unpaired) electrons. The van der Waals surface area contributed by atoms with Crippen LogP contribution in [0.15, 0.2) is 72.8 Å². The molecule has 3 rings (SSSR count). The van der Waals surface area contributed by atoms with Gasteiger partial charge in [0.05, 0.1) is 0 Å². The van der Waals surface area contributed by atoms with Crippen LogP contribution in [0.25, 0.3) is 11.1 Å². The lowest BCUT2D eigenvalue weighted by atomic mass is 10.0. The zero-order valence-corrected chi connectivity index (χ0v) is 12.4. The van der Waals surface area contributed by atoms with E-state index < -0.39 is 0 Å². The zero-order valence-electron chi connectivity index (χ0n) is 12.4. The van der Waals surface area contributed by atoms with Gasteiger partial charge < -0.3 is 5.32 Å². The molecule has 21 heavy (non-hydrogen) atoms. The van der Waals surface area contributed by atoms with Crippen molar-refractivity contribution in [2.45, 2.75) is 13.8 Å². The molecule has 1 N–H and O–H groups in total. The van der Waals surface area contributed by atoms with Crippen LogP contribution in [0.4, 0.5) is 11.4 Å². The minimum absolute atomic E-state index is 1.13. The van der Waals surface area contributed by atoms with Crippen LogP contribution in [-0.2, 0) is 0 Å². The van der Waals surface area contributed by atoms with E-state index in [4.69, 9.17) is 0 Å². The molecule has 0 aliphatic carbocycles. The molecular formula is C20H19N. The second kappa shape index (κ2) is 5.84. The molecule has 0 aliphatic rings. The van der Waals surface area contributed by atoms with Crippen molar-refractivity contribution < 1.29 is 0 Å². The Hall–Kier alpha value is -2.54. The predicted molar refractivity (Wildman–Crippen MR) is 91.1 cm³/mol. The highest BCUT2D eigenvalue weighted by Crippen LogP contribution is 2.31. The van der Waals surface area contributed by atoms with Gasteiger partial charge in [0.1, 0.15) is 0 Å². The third-order valence-corrected chi connectivity index (χ3v) is 3.66. The number of para-hydroxylation sites is 1. The molecule has 3 aromatic carbocycles. The molecule has 0 amide bonds. The molecule has 0 bridgehead atoms. The first-order valence-electron chi connectivity index (χ1n) is 7.23. The number of hydrogen-bond acceptors (Lipinski definition) is 1. The summed E-state index contributed by atoms with van der Waals surface area (Å²) in [6.45, 7) is 4.26. The fourth-order valence-corrected chi connectivity index (χ4v) is 2.56. The minimum Gasteiger partial charge on any atom is -0.355 e. The molecule has 3 aromatic rings. The lowest BCUT2D eigenvalue weighted by Gasteiger charge is -2.14. The first kappa shape index (κ1) is 13.4. The largest absolute Gasteiger partial charge is 0.355 e. The second-order valence-electron chi connectivity index (χ2n) is 5.35. The normalized spacial score (nSPS) is 10.4. The molecule has 0 aliphatic heterocycles. The van der Waals surface area contributed by atoms with Crippen molar-refractivity contribution in [1.29, 1.82) is 0 Å². The summed E-state index contributed by atoms with van der Waals surface area (Å²) < 4.78 is 0. The van der Waals surface area contributed by atoms with Gasteiger partial charge in [-0.1, -0.05) is 66.2 Å². The van der Waals surface area contributed by atoms with E-state index in [1.54, 1.807) is 0 Å². The summed E-state index contributed by atoms with van der Waals surface area (Å²) in [4.78, 5) is 0. The third-order valence-electron chi connectivity index (χ3n) is 3.66. The Balaban J connectivity index is 2.00. The minimum atomic E-state index is 1.13. The van der Waals surface area contributed by atoms with E-state index in [1.165, 1.54) is 22.3 Å². The quantitative estimate of drug-likeness (QED) is 0.644. The van der Waals surface area contributed by atoms with Gasteiger partial charge >= 0.3 is 0 Å². The number of nitrogens with one attached hydrogen (secondary N) is 1. The average molecular weight is 273 g/mol. The van der Waals surface area contributed by atoms with Gasteiger partial charge in [-0.05, 0) is 37.1 Å². The molecule has 0 saturated heterocycles. The van der Waals surface area contributed by atoms with Crippen LogP contribution in [-0.4, -0.2) is 0 Å². The van der Waals surface area contributed by atoms with Gasteiger partial charge in [0.15, 0.2) is 0 Å². The highest BCUT2D eigenvalue weighted by Gasteiger charge is 2.05. The van der Waals surface area contributed by atoms with Crippen LogP contribution in [0, 0.1) is 13.8 Å². The standard InChI is InChI=1S/C20H19N/c1-15-12-13-19(16(2)14-15)21-20-11-7-6-10-18(20)17-8-4-3-5-9-17/h3-14,21H,1-2H3. The fraction of sp³-hybridized carbons (Fsp3) is 0.100. The molecule has 0 fully saturated rings. The summed E-state index contributed by atoms with van der Waals surface area (Å²) in [5.74, 6) is 0. The second-order valence-corrected chi connectivity index (χ2v) is 5.35. The number of aryl methyl sites for hydroxylation is 2. The Morgan fingerprint density at radius 1 is 0.667 bits per heavy atom. The molecular weight excluding hydrogens is 254 g/mol. The van der Waals surface area contributed by atoms with Crippen LogP contribution < -0.4 is 5.32 Å². The summed E-state index contributed by atoms with van der Waals surface area (Å²) in [6, 6.07) is 25.4. The smallest absolute Gasteiger partial charge is 0.0463 e. The molecule has 0 heterocycles. The topological polar surface area (TPSA) is 12.0 Å². The first-order chi connectivity index (χ1) is 10.2. The maximum absolute atomic E-state index is 3.57. The van der Waals surface area contributed by atoms with Crippen molar-refractivity contribution in [3.63, 3.8) is 0 Å². The van der Waals surface area contributed by atoms with Gasteiger partial charge in [0.2, 0.25) is 0 Å².